The van der Waals surface area contributed by atoms with Crippen LogP contribution in [0.1, 0.15) is 23.6 Å². The summed E-state index contributed by atoms with van der Waals surface area (Å²) in [5.41, 5.74) is 3.94. The van der Waals surface area contributed by atoms with Gasteiger partial charge in [-0.05, 0) is 42.2 Å². The van der Waals surface area contributed by atoms with Crippen molar-refractivity contribution >= 4 is 21.9 Å². The van der Waals surface area contributed by atoms with E-state index in [0.29, 0.717) is 5.57 Å². The summed E-state index contributed by atoms with van der Waals surface area (Å²) < 4.78 is 1.03. The number of aliphatic carboxylic acids is 1. The van der Waals surface area contributed by atoms with Gasteiger partial charge in [-0.15, -0.1) is 0 Å². The second kappa shape index (κ2) is 10.9. The zero-order valence-electron chi connectivity index (χ0n) is 17.0. The minimum absolute atomic E-state index is 0.0531. The predicted octanol–water partition coefficient (Wildman–Crippen LogP) is 6.09. The van der Waals surface area contributed by atoms with Gasteiger partial charge in [0.2, 0.25) is 0 Å². The van der Waals surface area contributed by atoms with E-state index in [1.807, 2.05) is 54.6 Å². The molecule has 4 heteroatoms. The Hall–Kier alpha value is -2.69. The van der Waals surface area contributed by atoms with E-state index in [1.54, 1.807) is 6.92 Å². The first-order valence-electron chi connectivity index (χ1n) is 9.99. The lowest BCUT2D eigenvalue weighted by Gasteiger charge is -2.31. The molecule has 0 spiro atoms. The fourth-order valence-electron chi connectivity index (χ4n) is 3.44. The van der Waals surface area contributed by atoms with Crippen molar-refractivity contribution < 1.29 is 9.90 Å². The van der Waals surface area contributed by atoms with Gasteiger partial charge in [0, 0.05) is 29.2 Å². The summed E-state index contributed by atoms with van der Waals surface area (Å²) in [6.07, 6.45) is 2.62. The van der Waals surface area contributed by atoms with Crippen molar-refractivity contribution in [1.82, 2.24) is 4.90 Å². The fourth-order valence-corrected chi connectivity index (χ4v) is 3.71. The SMILES string of the molecule is CC(=CC(Cc1ccc(Br)cc1)N(Cc1ccccc1)Cc1ccccc1)C(=O)O. The van der Waals surface area contributed by atoms with Crippen LogP contribution in [0, 0.1) is 0 Å². The van der Waals surface area contributed by atoms with E-state index >= 15 is 0 Å². The Morgan fingerprint density at radius 3 is 1.83 bits per heavy atom. The highest BCUT2D eigenvalue weighted by atomic mass is 79.9. The van der Waals surface area contributed by atoms with Gasteiger partial charge in [0.25, 0.3) is 0 Å². The van der Waals surface area contributed by atoms with Crippen molar-refractivity contribution in [2.45, 2.75) is 32.5 Å². The average molecular weight is 464 g/mol. The first-order chi connectivity index (χ1) is 14.5. The molecule has 0 aromatic heterocycles. The molecule has 1 atom stereocenters. The number of rotatable bonds is 9. The lowest BCUT2D eigenvalue weighted by atomic mass is 10.0. The Morgan fingerprint density at radius 1 is 0.867 bits per heavy atom. The van der Waals surface area contributed by atoms with Gasteiger partial charge < -0.3 is 5.11 Å². The lowest BCUT2D eigenvalue weighted by Crippen LogP contribution is -2.35. The predicted molar refractivity (Wildman–Crippen MR) is 125 cm³/mol. The number of halogens is 1. The van der Waals surface area contributed by atoms with Crippen LogP contribution in [-0.2, 0) is 24.3 Å². The topological polar surface area (TPSA) is 40.5 Å². The Labute approximate surface area is 186 Å². The molecule has 0 saturated heterocycles. The molecule has 154 valence electrons. The normalized spacial score (nSPS) is 12.7. The quantitative estimate of drug-likeness (QED) is 0.390. The maximum absolute atomic E-state index is 11.6. The van der Waals surface area contributed by atoms with Crippen molar-refractivity contribution in [3.05, 3.63) is 118 Å². The third-order valence-electron chi connectivity index (χ3n) is 5.06. The maximum atomic E-state index is 11.6. The van der Waals surface area contributed by atoms with E-state index in [-0.39, 0.29) is 6.04 Å². The molecule has 1 N–H and O–H groups in total. The molecule has 30 heavy (non-hydrogen) atoms. The molecule has 3 aromatic carbocycles. The number of benzene rings is 3. The summed E-state index contributed by atoms with van der Waals surface area (Å²) in [4.78, 5) is 13.9. The molecule has 0 amide bonds. The third kappa shape index (κ3) is 6.68. The van der Waals surface area contributed by atoms with E-state index in [9.17, 15) is 9.90 Å². The molecule has 0 heterocycles. The first kappa shape index (κ1) is 22.0. The number of hydrogen-bond donors (Lipinski definition) is 1. The molecule has 0 aliphatic carbocycles. The zero-order valence-corrected chi connectivity index (χ0v) is 18.6. The van der Waals surface area contributed by atoms with Crippen LogP contribution < -0.4 is 0 Å². The number of carbonyl (C=O) groups is 1. The van der Waals surface area contributed by atoms with E-state index in [4.69, 9.17) is 0 Å². The number of hydrogen-bond acceptors (Lipinski definition) is 2. The van der Waals surface area contributed by atoms with Crippen LogP contribution in [0.25, 0.3) is 0 Å². The zero-order chi connectivity index (χ0) is 21.3. The van der Waals surface area contributed by atoms with Gasteiger partial charge in [-0.1, -0.05) is 94.8 Å². The smallest absolute Gasteiger partial charge is 0.331 e. The molecule has 1 unspecified atom stereocenters. The van der Waals surface area contributed by atoms with Crippen LogP contribution in [0.5, 0.6) is 0 Å². The summed E-state index contributed by atoms with van der Waals surface area (Å²) in [6, 6.07) is 28.8. The Kier molecular flexibility index (Phi) is 8.00. The summed E-state index contributed by atoms with van der Waals surface area (Å²) in [7, 11) is 0. The monoisotopic (exact) mass is 463 g/mol. The van der Waals surface area contributed by atoms with Crippen molar-refractivity contribution in [2.75, 3.05) is 0 Å². The van der Waals surface area contributed by atoms with E-state index in [0.717, 1.165) is 24.0 Å². The number of carboxylic acid groups (broad SMARTS) is 1. The largest absolute Gasteiger partial charge is 0.478 e. The van der Waals surface area contributed by atoms with Gasteiger partial charge in [-0.3, -0.25) is 4.90 Å². The van der Waals surface area contributed by atoms with Gasteiger partial charge in [-0.2, -0.15) is 0 Å². The van der Waals surface area contributed by atoms with Crippen molar-refractivity contribution in [3.8, 4) is 0 Å². The van der Waals surface area contributed by atoms with Crippen LogP contribution in [0.15, 0.2) is 101 Å². The Bertz CT molecular complexity index is 927. The number of carboxylic acids is 1. The summed E-state index contributed by atoms with van der Waals surface area (Å²) >= 11 is 3.49. The second-order valence-electron chi connectivity index (χ2n) is 7.43. The van der Waals surface area contributed by atoms with E-state index in [1.165, 1.54) is 16.7 Å². The van der Waals surface area contributed by atoms with Crippen molar-refractivity contribution in [3.63, 3.8) is 0 Å². The van der Waals surface area contributed by atoms with E-state index < -0.39 is 5.97 Å². The molecular weight excluding hydrogens is 438 g/mol. The Morgan fingerprint density at radius 2 is 1.37 bits per heavy atom. The first-order valence-corrected chi connectivity index (χ1v) is 10.8. The molecule has 0 saturated carbocycles. The summed E-state index contributed by atoms with van der Waals surface area (Å²) in [5, 5.41) is 9.50. The molecule has 0 radical (unpaired) electrons. The van der Waals surface area contributed by atoms with Crippen LogP contribution in [-0.4, -0.2) is 22.0 Å². The number of nitrogens with zero attached hydrogens (tertiary/aromatic N) is 1. The van der Waals surface area contributed by atoms with Gasteiger partial charge in [0.1, 0.15) is 0 Å². The molecule has 0 aliphatic rings. The minimum atomic E-state index is -0.879. The minimum Gasteiger partial charge on any atom is -0.478 e. The van der Waals surface area contributed by atoms with Crippen LogP contribution >= 0.6 is 15.9 Å². The molecule has 3 aromatic rings. The van der Waals surface area contributed by atoms with Crippen LogP contribution in [0.3, 0.4) is 0 Å². The maximum Gasteiger partial charge on any atom is 0.331 e. The van der Waals surface area contributed by atoms with Gasteiger partial charge >= 0.3 is 5.97 Å². The molecular formula is C26H26BrNO2. The molecule has 3 nitrogen and oxygen atoms in total. The highest BCUT2D eigenvalue weighted by Gasteiger charge is 2.19. The molecule has 0 bridgehead atoms. The highest BCUT2D eigenvalue weighted by Crippen LogP contribution is 2.20. The Balaban J connectivity index is 1.95. The average Bonchev–Trinajstić information content (AvgIpc) is 2.75. The second-order valence-corrected chi connectivity index (χ2v) is 8.34. The van der Waals surface area contributed by atoms with Gasteiger partial charge in [0.15, 0.2) is 0 Å². The fraction of sp³-hybridized carbons (Fsp3) is 0.192. The molecule has 3 rings (SSSR count). The van der Waals surface area contributed by atoms with E-state index in [2.05, 4.69) is 57.2 Å². The molecule has 0 fully saturated rings. The van der Waals surface area contributed by atoms with Gasteiger partial charge in [0.05, 0.1) is 0 Å². The summed E-state index contributed by atoms with van der Waals surface area (Å²) in [6.45, 7) is 3.14. The molecule has 0 aliphatic heterocycles. The van der Waals surface area contributed by atoms with Gasteiger partial charge in [-0.25, -0.2) is 4.79 Å². The lowest BCUT2D eigenvalue weighted by molar-refractivity contribution is -0.132. The van der Waals surface area contributed by atoms with Crippen LogP contribution in [0.2, 0.25) is 0 Å². The summed E-state index contributed by atoms with van der Waals surface area (Å²) in [5.74, 6) is -0.879. The standard InChI is InChI=1S/C26H26BrNO2/c1-20(26(29)30)16-25(17-21-12-14-24(27)15-13-21)28(18-22-8-4-2-5-9-22)19-23-10-6-3-7-11-23/h2-16,25H,17-19H2,1H3,(H,29,30). The van der Waals surface area contributed by atoms with Crippen molar-refractivity contribution in [2.24, 2.45) is 0 Å². The van der Waals surface area contributed by atoms with Crippen LogP contribution in [0.4, 0.5) is 0 Å². The highest BCUT2D eigenvalue weighted by molar-refractivity contribution is 9.10. The third-order valence-corrected chi connectivity index (χ3v) is 5.59. The van der Waals surface area contributed by atoms with Crippen molar-refractivity contribution in [1.29, 1.82) is 0 Å².